The van der Waals surface area contributed by atoms with Crippen LogP contribution in [0, 0.1) is 0 Å². The quantitative estimate of drug-likeness (QED) is 0.676. The van der Waals surface area contributed by atoms with Crippen molar-refractivity contribution in [1.82, 2.24) is 14.8 Å². The molecule has 10 heteroatoms. The van der Waals surface area contributed by atoms with Crippen LogP contribution in [-0.4, -0.2) is 14.8 Å². The van der Waals surface area contributed by atoms with Crippen molar-refractivity contribution in [2.45, 2.75) is 12.4 Å². The van der Waals surface area contributed by atoms with Crippen molar-refractivity contribution in [3.05, 3.63) is 54.0 Å². The Kier molecular flexibility index (Phi) is 4.41. The topological polar surface area (TPSA) is 56.7 Å². The minimum Gasteiger partial charge on any atom is -0.399 e. The molecule has 0 amide bonds. The number of hydrogen-bond acceptors (Lipinski definition) is 3. The summed E-state index contributed by atoms with van der Waals surface area (Å²) in [5.41, 5.74) is 2.21. The Bertz CT molecular complexity index is 753. The van der Waals surface area contributed by atoms with Gasteiger partial charge in [0.15, 0.2) is 5.82 Å². The van der Waals surface area contributed by atoms with E-state index < -0.39 is 29.0 Å². The number of nitrogens with zero attached hydrogens (tertiary/aromatic N) is 3. The summed E-state index contributed by atoms with van der Waals surface area (Å²) in [7, 11) is 0. The van der Waals surface area contributed by atoms with Gasteiger partial charge in [-0.25, -0.2) is 9.67 Å². The van der Waals surface area contributed by atoms with Crippen molar-refractivity contribution in [1.29, 1.82) is 0 Å². The van der Waals surface area contributed by atoms with E-state index in [9.17, 15) is 26.3 Å². The van der Waals surface area contributed by atoms with Gasteiger partial charge in [0.25, 0.3) is 0 Å². The molecule has 1 aromatic carbocycles. The molecule has 0 aliphatic heterocycles. The van der Waals surface area contributed by atoms with Crippen molar-refractivity contribution in [3.8, 4) is 11.4 Å². The lowest BCUT2D eigenvalue weighted by Crippen LogP contribution is -2.11. The first kappa shape index (κ1) is 17.6. The number of halogens is 6. The van der Waals surface area contributed by atoms with Crippen molar-refractivity contribution in [3.63, 3.8) is 0 Å². The molecule has 1 heterocycles. The molecule has 0 bridgehead atoms. The predicted molar refractivity (Wildman–Crippen MR) is 74.1 cm³/mol. The highest BCUT2D eigenvalue weighted by Gasteiger charge is 2.37. The number of rotatable bonds is 3. The molecule has 128 valence electrons. The third kappa shape index (κ3) is 4.15. The smallest absolute Gasteiger partial charge is 0.399 e. The van der Waals surface area contributed by atoms with Gasteiger partial charge in [-0.15, -0.1) is 5.10 Å². The molecular formula is C14H10F6N4. The average molecular weight is 348 g/mol. The van der Waals surface area contributed by atoms with Gasteiger partial charge in [0, 0.05) is 17.5 Å². The first-order valence-corrected chi connectivity index (χ1v) is 6.30. The van der Waals surface area contributed by atoms with Gasteiger partial charge in [-0.3, -0.25) is 0 Å². The van der Waals surface area contributed by atoms with Gasteiger partial charge in [-0.1, -0.05) is 6.58 Å². The maximum Gasteiger partial charge on any atom is 0.416 e. The summed E-state index contributed by atoms with van der Waals surface area (Å²) >= 11 is 0. The van der Waals surface area contributed by atoms with Gasteiger partial charge < -0.3 is 5.73 Å². The second kappa shape index (κ2) is 6.02. The van der Waals surface area contributed by atoms with Gasteiger partial charge in [0.2, 0.25) is 0 Å². The highest BCUT2D eigenvalue weighted by atomic mass is 19.4. The fraction of sp³-hybridized carbons (Fsp3) is 0.143. The highest BCUT2D eigenvalue weighted by molar-refractivity contribution is 5.58. The van der Waals surface area contributed by atoms with Gasteiger partial charge in [0.05, 0.1) is 11.1 Å². The molecule has 0 aliphatic rings. The lowest BCUT2D eigenvalue weighted by molar-refractivity contribution is -0.143. The molecule has 2 rings (SSSR count). The van der Waals surface area contributed by atoms with E-state index in [-0.39, 0.29) is 17.6 Å². The molecule has 0 atom stereocenters. The average Bonchev–Trinajstić information content (AvgIpc) is 2.91. The van der Waals surface area contributed by atoms with Crippen LogP contribution in [0.5, 0.6) is 0 Å². The number of benzene rings is 1. The summed E-state index contributed by atoms with van der Waals surface area (Å²) < 4.78 is 78.0. The molecule has 0 spiro atoms. The van der Waals surface area contributed by atoms with E-state index in [4.69, 9.17) is 5.73 Å². The first-order valence-electron chi connectivity index (χ1n) is 6.30. The van der Waals surface area contributed by atoms with E-state index in [2.05, 4.69) is 16.7 Å². The van der Waals surface area contributed by atoms with E-state index in [0.29, 0.717) is 12.1 Å². The molecule has 2 N–H and O–H groups in total. The fourth-order valence-electron chi connectivity index (χ4n) is 1.74. The van der Waals surface area contributed by atoms with Crippen LogP contribution in [0.3, 0.4) is 0 Å². The van der Waals surface area contributed by atoms with Crippen molar-refractivity contribution >= 4 is 6.20 Å². The van der Waals surface area contributed by atoms with Crippen LogP contribution in [0.15, 0.2) is 42.9 Å². The minimum absolute atomic E-state index is 0.0405. The standard InChI is InChI=1S/C14H10F6N4/c1-8(21)2-3-24-7-22-12(23-24)9-4-10(13(15,16)17)6-11(5-9)14(18,19)20/h2-7H,1,21H2/b3-2-. The molecule has 4 nitrogen and oxygen atoms in total. The molecular weight excluding hydrogens is 338 g/mol. The molecule has 2 aromatic rings. The first-order chi connectivity index (χ1) is 11.0. The molecule has 0 unspecified atom stereocenters. The fourth-order valence-corrected chi connectivity index (χ4v) is 1.74. The van der Waals surface area contributed by atoms with Crippen LogP contribution in [0.4, 0.5) is 26.3 Å². The second-order valence-electron chi connectivity index (χ2n) is 4.73. The van der Waals surface area contributed by atoms with E-state index in [1.807, 2.05) is 0 Å². The number of allylic oxidation sites excluding steroid dienone is 1. The Hall–Kier alpha value is -2.78. The Morgan fingerprint density at radius 1 is 1.04 bits per heavy atom. The van der Waals surface area contributed by atoms with Gasteiger partial charge in [-0.2, -0.15) is 26.3 Å². The van der Waals surface area contributed by atoms with Crippen LogP contribution in [-0.2, 0) is 12.4 Å². The molecule has 24 heavy (non-hydrogen) atoms. The molecule has 1 aromatic heterocycles. The normalized spacial score (nSPS) is 12.8. The molecule has 0 fully saturated rings. The zero-order valence-corrected chi connectivity index (χ0v) is 11.9. The summed E-state index contributed by atoms with van der Waals surface area (Å²) in [6.07, 6.45) is -6.11. The van der Waals surface area contributed by atoms with E-state index >= 15 is 0 Å². The molecule has 0 saturated carbocycles. The van der Waals surface area contributed by atoms with Gasteiger partial charge >= 0.3 is 12.4 Å². The van der Waals surface area contributed by atoms with Crippen LogP contribution in [0.25, 0.3) is 17.6 Å². The van der Waals surface area contributed by atoms with E-state index in [1.165, 1.54) is 12.3 Å². The zero-order chi connectivity index (χ0) is 18.1. The Morgan fingerprint density at radius 2 is 1.58 bits per heavy atom. The van der Waals surface area contributed by atoms with Crippen LogP contribution >= 0.6 is 0 Å². The van der Waals surface area contributed by atoms with E-state index in [0.717, 1.165) is 11.0 Å². The van der Waals surface area contributed by atoms with Crippen molar-refractivity contribution in [2.75, 3.05) is 0 Å². The van der Waals surface area contributed by atoms with Gasteiger partial charge in [0.1, 0.15) is 6.33 Å². The maximum atomic E-state index is 12.8. The lowest BCUT2D eigenvalue weighted by atomic mass is 10.0. The van der Waals surface area contributed by atoms with Crippen LogP contribution < -0.4 is 5.73 Å². The molecule has 0 radical (unpaired) electrons. The monoisotopic (exact) mass is 348 g/mol. The van der Waals surface area contributed by atoms with E-state index in [1.54, 1.807) is 0 Å². The van der Waals surface area contributed by atoms with Crippen LogP contribution in [0.2, 0.25) is 0 Å². The molecule has 0 saturated heterocycles. The van der Waals surface area contributed by atoms with Crippen molar-refractivity contribution < 1.29 is 26.3 Å². The minimum atomic E-state index is -4.93. The third-order valence-corrected chi connectivity index (χ3v) is 2.80. The summed E-state index contributed by atoms with van der Waals surface area (Å²) in [4.78, 5) is 3.71. The summed E-state index contributed by atoms with van der Waals surface area (Å²) in [6.45, 7) is 3.39. The summed E-state index contributed by atoms with van der Waals surface area (Å²) in [5.74, 6) is -0.293. The molecule has 0 aliphatic carbocycles. The highest BCUT2D eigenvalue weighted by Crippen LogP contribution is 2.37. The Labute approximate surface area is 131 Å². The lowest BCUT2D eigenvalue weighted by Gasteiger charge is -2.13. The largest absolute Gasteiger partial charge is 0.416 e. The zero-order valence-electron chi connectivity index (χ0n) is 11.9. The number of hydrogen-bond donors (Lipinski definition) is 1. The summed E-state index contributed by atoms with van der Waals surface area (Å²) in [5, 5.41) is 3.79. The third-order valence-electron chi connectivity index (χ3n) is 2.80. The number of alkyl halides is 6. The number of aromatic nitrogens is 3. The van der Waals surface area contributed by atoms with Gasteiger partial charge in [-0.05, 0) is 24.3 Å². The predicted octanol–water partition coefficient (Wildman–Crippen LogP) is 3.93. The number of nitrogens with two attached hydrogens (primary N) is 1. The maximum absolute atomic E-state index is 12.8. The summed E-state index contributed by atoms with van der Waals surface area (Å²) in [6, 6.07) is 1.15. The second-order valence-corrected chi connectivity index (χ2v) is 4.73. The van der Waals surface area contributed by atoms with Crippen LogP contribution in [0.1, 0.15) is 11.1 Å². The SMILES string of the molecule is C=C(N)/C=C\n1cnc(-c2cc(C(F)(F)F)cc(C(F)(F)F)c2)n1. The Balaban J connectivity index is 2.52. The van der Waals surface area contributed by atoms with Crippen molar-refractivity contribution in [2.24, 2.45) is 5.73 Å². The Morgan fingerprint density at radius 3 is 2.04 bits per heavy atom.